The van der Waals surface area contributed by atoms with E-state index in [4.69, 9.17) is 8.83 Å². The van der Waals surface area contributed by atoms with Crippen molar-refractivity contribution in [3.63, 3.8) is 0 Å². The first kappa shape index (κ1) is 17.4. The van der Waals surface area contributed by atoms with E-state index in [0.717, 1.165) is 42.8 Å². The average molecular weight is 389 g/mol. The van der Waals surface area contributed by atoms with E-state index in [1.54, 1.807) is 12.4 Å². The molecule has 0 atom stereocenters. The zero-order valence-corrected chi connectivity index (χ0v) is 15.6. The van der Waals surface area contributed by atoms with Gasteiger partial charge in [0.25, 0.3) is 5.89 Å². The molecule has 0 saturated carbocycles. The molecule has 5 rings (SSSR count). The zero-order chi connectivity index (χ0) is 19.6. The van der Waals surface area contributed by atoms with Crippen LogP contribution in [0.25, 0.3) is 22.5 Å². The number of carbonyl (C=O) groups excluding carboxylic acids is 1. The maximum Gasteiger partial charge on any atom is 0.311 e. The molecule has 0 unspecified atom stereocenters. The normalized spacial score (nSPS) is 14.3. The number of hydrogen-bond donors (Lipinski definition) is 2. The Morgan fingerprint density at radius 3 is 2.79 bits per heavy atom. The number of fused-ring (bicyclic) bond motifs is 1. The van der Waals surface area contributed by atoms with Crippen LogP contribution in [-0.2, 0) is 0 Å². The van der Waals surface area contributed by atoms with Crippen molar-refractivity contribution >= 4 is 28.3 Å². The number of benzene rings is 1. The van der Waals surface area contributed by atoms with Gasteiger partial charge in [0, 0.05) is 37.8 Å². The van der Waals surface area contributed by atoms with Crippen LogP contribution in [0.1, 0.15) is 10.7 Å². The molecule has 2 N–H and O–H groups in total. The van der Waals surface area contributed by atoms with Crippen LogP contribution in [0.2, 0.25) is 0 Å². The third-order valence-corrected chi connectivity index (χ3v) is 4.87. The molecule has 0 bridgehead atoms. The average Bonchev–Trinajstić information content (AvgIpc) is 3.42. The summed E-state index contributed by atoms with van der Waals surface area (Å²) < 4.78 is 11.4. The molecule has 0 aliphatic carbocycles. The fourth-order valence-electron chi connectivity index (χ4n) is 3.44. The molecule has 1 amide bonds. The van der Waals surface area contributed by atoms with Crippen LogP contribution < -0.4 is 15.5 Å². The van der Waals surface area contributed by atoms with Crippen LogP contribution in [0.4, 0.5) is 11.4 Å². The molecule has 0 spiro atoms. The van der Waals surface area contributed by atoms with Crippen molar-refractivity contribution in [1.82, 2.24) is 15.3 Å². The predicted octanol–water partition coefficient (Wildman–Crippen LogP) is 3.14. The van der Waals surface area contributed by atoms with E-state index in [1.807, 2.05) is 36.4 Å². The van der Waals surface area contributed by atoms with Gasteiger partial charge in [-0.3, -0.25) is 9.78 Å². The molecule has 8 nitrogen and oxygen atoms in total. The van der Waals surface area contributed by atoms with Crippen molar-refractivity contribution in [3.8, 4) is 11.5 Å². The highest BCUT2D eigenvalue weighted by molar-refractivity contribution is 6.03. The van der Waals surface area contributed by atoms with Crippen LogP contribution in [0.3, 0.4) is 0 Å². The Labute approximate surface area is 166 Å². The smallest absolute Gasteiger partial charge is 0.311 e. The van der Waals surface area contributed by atoms with E-state index in [0.29, 0.717) is 17.2 Å². The summed E-state index contributed by atoms with van der Waals surface area (Å²) >= 11 is 0. The Morgan fingerprint density at radius 2 is 1.93 bits per heavy atom. The third kappa shape index (κ3) is 3.45. The summed E-state index contributed by atoms with van der Waals surface area (Å²) in [6, 6.07) is 11.4. The van der Waals surface area contributed by atoms with Crippen LogP contribution in [0, 0.1) is 0 Å². The van der Waals surface area contributed by atoms with Gasteiger partial charge in [-0.05, 0) is 18.2 Å². The Morgan fingerprint density at radius 1 is 1.07 bits per heavy atom. The topological polar surface area (TPSA) is 96.4 Å². The summed E-state index contributed by atoms with van der Waals surface area (Å²) in [5, 5.41) is 7.14. The third-order valence-electron chi connectivity index (χ3n) is 4.87. The van der Waals surface area contributed by atoms with Gasteiger partial charge in [-0.2, -0.15) is 0 Å². The van der Waals surface area contributed by atoms with Gasteiger partial charge < -0.3 is 24.4 Å². The molecule has 3 aromatic heterocycles. The standard InChI is InChI=1S/C21H19N5O3/c27-20(25-15-12-23-6-5-16(15)26-9-7-22-8-10-26)21-24-13-19(29-21)18-11-14-3-1-2-4-17(14)28-18/h1-6,11-13,22H,7-10H2,(H,25,27). The minimum absolute atomic E-state index is 0.0319. The summed E-state index contributed by atoms with van der Waals surface area (Å²) in [5.74, 6) is 0.466. The highest BCUT2D eigenvalue weighted by atomic mass is 16.4. The maximum atomic E-state index is 12.7. The van der Waals surface area contributed by atoms with Gasteiger partial charge in [0.1, 0.15) is 5.58 Å². The lowest BCUT2D eigenvalue weighted by atomic mass is 10.2. The molecule has 4 aromatic rings. The van der Waals surface area contributed by atoms with Gasteiger partial charge in [0.2, 0.25) is 0 Å². The van der Waals surface area contributed by atoms with Crippen LogP contribution in [-0.4, -0.2) is 42.1 Å². The van der Waals surface area contributed by atoms with E-state index in [-0.39, 0.29) is 5.89 Å². The largest absolute Gasteiger partial charge is 0.453 e. The first-order valence-corrected chi connectivity index (χ1v) is 9.44. The minimum Gasteiger partial charge on any atom is -0.453 e. The molecule has 1 fully saturated rings. The highest BCUT2D eigenvalue weighted by Gasteiger charge is 2.20. The van der Waals surface area contributed by atoms with E-state index < -0.39 is 5.91 Å². The van der Waals surface area contributed by atoms with Crippen molar-refractivity contribution in [3.05, 3.63) is 60.9 Å². The van der Waals surface area contributed by atoms with E-state index in [9.17, 15) is 4.79 Å². The Balaban J connectivity index is 1.37. The Bertz CT molecular complexity index is 1130. The van der Waals surface area contributed by atoms with Gasteiger partial charge in [-0.15, -0.1) is 0 Å². The number of furan rings is 1. The number of nitrogens with zero attached hydrogens (tertiary/aromatic N) is 3. The van der Waals surface area contributed by atoms with Crippen molar-refractivity contribution in [2.24, 2.45) is 0 Å². The van der Waals surface area contributed by atoms with Crippen molar-refractivity contribution in [2.45, 2.75) is 0 Å². The van der Waals surface area contributed by atoms with E-state index in [2.05, 4.69) is 25.5 Å². The number of hydrogen-bond acceptors (Lipinski definition) is 7. The molecule has 4 heterocycles. The number of piperazine rings is 1. The molecule has 1 aliphatic rings. The van der Waals surface area contributed by atoms with Crippen LogP contribution >= 0.6 is 0 Å². The summed E-state index contributed by atoms with van der Waals surface area (Å²) in [7, 11) is 0. The Hall–Kier alpha value is -3.65. The van der Waals surface area contributed by atoms with Gasteiger partial charge in [-0.1, -0.05) is 18.2 Å². The monoisotopic (exact) mass is 389 g/mol. The number of pyridine rings is 1. The molecule has 1 aromatic carbocycles. The number of amides is 1. The number of nitrogens with one attached hydrogen (secondary N) is 2. The second-order valence-electron chi connectivity index (χ2n) is 6.76. The Kier molecular flexibility index (Phi) is 4.45. The lowest BCUT2D eigenvalue weighted by Crippen LogP contribution is -2.43. The number of aromatic nitrogens is 2. The second-order valence-corrected chi connectivity index (χ2v) is 6.76. The number of anilines is 2. The first-order valence-electron chi connectivity index (χ1n) is 9.44. The lowest BCUT2D eigenvalue weighted by Gasteiger charge is -2.30. The molecule has 1 aliphatic heterocycles. The minimum atomic E-state index is -0.434. The summed E-state index contributed by atoms with van der Waals surface area (Å²) in [6.45, 7) is 3.52. The quantitative estimate of drug-likeness (QED) is 0.553. The molecule has 0 radical (unpaired) electrons. The molecular formula is C21H19N5O3. The number of rotatable bonds is 4. The second kappa shape index (κ2) is 7.40. The van der Waals surface area contributed by atoms with Crippen molar-refractivity contribution < 1.29 is 13.6 Å². The zero-order valence-electron chi connectivity index (χ0n) is 15.6. The van der Waals surface area contributed by atoms with Crippen molar-refractivity contribution in [1.29, 1.82) is 0 Å². The maximum absolute atomic E-state index is 12.7. The van der Waals surface area contributed by atoms with Crippen LogP contribution in [0.15, 0.2) is 63.8 Å². The van der Waals surface area contributed by atoms with Crippen molar-refractivity contribution in [2.75, 3.05) is 36.4 Å². The fraction of sp³-hybridized carbons (Fsp3) is 0.190. The number of carbonyl (C=O) groups is 1. The first-order chi connectivity index (χ1) is 14.3. The van der Waals surface area contributed by atoms with Gasteiger partial charge in [-0.25, -0.2) is 4.98 Å². The van der Waals surface area contributed by atoms with Gasteiger partial charge >= 0.3 is 5.91 Å². The van der Waals surface area contributed by atoms with Gasteiger partial charge in [0.15, 0.2) is 11.5 Å². The van der Waals surface area contributed by atoms with Crippen LogP contribution in [0.5, 0.6) is 0 Å². The molecule has 29 heavy (non-hydrogen) atoms. The number of para-hydroxylation sites is 1. The summed E-state index contributed by atoms with van der Waals surface area (Å²) in [4.78, 5) is 23.2. The van der Waals surface area contributed by atoms with E-state index >= 15 is 0 Å². The van der Waals surface area contributed by atoms with Gasteiger partial charge in [0.05, 0.1) is 23.8 Å². The molecule has 146 valence electrons. The highest BCUT2D eigenvalue weighted by Crippen LogP contribution is 2.29. The van der Waals surface area contributed by atoms with E-state index in [1.165, 1.54) is 6.20 Å². The lowest BCUT2D eigenvalue weighted by molar-refractivity contribution is 0.0991. The SMILES string of the molecule is O=C(Nc1cnccc1N1CCNCC1)c1ncc(-c2cc3ccccc3o2)o1. The predicted molar refractivity (Wildman–Crippen MR) is 109 cm³/mol. The summed E-state index contributed by atoms with van der Waals surface area (Å²) in [6.07, 6.45) is 4.85. The fourth-order valence-corrected chi connectivity index (χ4v) is 3.44. The molecule has 8 heteroatoms. The number of oxazole rings is 1. The molecular weight excluding hydrogens is 370 g/mol. The summed E-state index contributed by atoms with van der Waals surface area (Å²) in [5.41, 5.74) is 2.31. The molecule has 1 saturated heterocycles.